The average molecular weight is 311 g/mol. The summed E-state index contributed by atoms with van der Waals surface area (Å²) in [6.07, 6.45) is 6.95. The third kappa shape index (κ3) is 3.34. The number of hydrogen-bond acceptors (Lipinski definition) is 3. The predicted molar refractivity (Wildman–Crippen MR) is 82.2 cm³/mol. The molecule has 20 heavy (non-hydrogen) atoms. The van der Waals surface area contributed by atoms with Gasteiger partial charge < -0.3 is 5.32 Å². The maximum atomic E-state index is 12.4. The molecule has 0 unspecified atom stereocenters. The molecular formula is C15H19ClN2OS. The van der Waals surface area contributed by atoms with Crippen LogP contribution in [0.4, 0.5) is 0 Å². The Morgan fingerprint density at radius 1 is 1.35 bits per heavy atom. The van der Waals surface area contributed by atoms with Gasteiger partial charge in [0.2, 0.25) is 0 Å². The van der Waals surface area contributed by atoms with Crippen molar-refractivity contribution in [2.45, 2.75) is 57.4 Å². The fraction of sp³-hybridized carbons (Fsp3) is 0.600. The van der Waals surface area contributed by atoms with Gasteiger partial charge in [-0.25, -0.2) is 0 Å². The highest BCUT2D eigenvalue weighted by Crippen LogP contribution is 2.30. The number of nitriles is 1. The average Bonchev–Trinajstić information content (AvgIpc) is 2.73. The van der Waals surface area contributed by atoms with Crippen molar-refractivity contribution in [2.24, 2.45) is 0 Å². The highest BCUT2D eigenvalue weighted by Gasteiger charge is 2.33. The second-order valence-corrected chi connectivity index (χ2v) is 6.74. The Balaban J connectivity index is 2.14. The van der Waals surface area contributed by atoms with E-state index in [1.54, 1.807) is 0 Å². The first kappa shape index (κ1) is 15.3. The predicted octanol–water partition coefficient (Wildman–Crippen LogP) is 4.45. The van der Waals surface area contributed by atoms with Crippen LogP contribution in [0, 0.1) is 18.3 Å². The molecular weight excluding hydrogens is 292 g/mol. The lowest BCUT2D eigenvalue weighted by Gasteiger charge is -2.29. The van der Waals surface area contributed by atoms with E-state index in [2.05, 4.69) is 11.4 Å². The number of hydrogen-bond donors (Lipinski definition) is 1. The van der Waals surface area contributed by atoms with Crippen LogP contribution in [0.3, 0.4) is 0 Å². The summed E-state index contributed by atoms with van der Waals surface area (Å²) < 4.78 is 0. The van der Waals surface area contributed by atoms with Gasteiger partial charge in [0.05, 0.1) is 11.1 Å². The molecule has 1 amide bonds. The molecule has 0 aliphatic heterocycles. The van der Waals surface area contributed by atoms with Crippen LogP contribution in [0.15, 0.2) is 5.38 Å². The number of amides is 1. The molecule has 0 radical (unpaired) electrons. The summed E-state index contributed by atoms with van der Waals surface area (Å²) in [5.74, 6) is -0.213. The van der Waals surface area contributed by atoms with Crippen molar-refractivity contribution in [1.29, 1.82) is 5.26 Å². The van der Waals surface area contributed by atoms with Crippen molar-refractivity contribution in [2.75, 3.05) is 0 Å². The van der Waals surface area contributed by atoms with E-state index < -0.39 is 5.54 Å². The van der Waals surface area contributed by atoms with E-state index in [-0.39, 0.29) is 5.91 Å². The van der Waals surface area contributed by atoms with Gasteiger partial charge >= 0.3 is 0 Å². The van der Waals surface area contributed by atoms with E-state index in [0.29, 0.717) is 9.90 Å². The first-order valence-corrected chi connectivity index (χ1v) is 8.31. The molecule has 1 aromatic rings. The molecule has 0 spiro atoms. The number of carbonyl (C=O) groups excluding carboxylic acids is 1. The zero-order valence-electron chi connectivity index (χ0n) is 11.7. The molecule has 1 fully saturated rings. The summed E-state index contributed by atoms with van der Waals surface area (Å²) in [5, 5.41) is 14.9. The van der Waals surface area contributed by atoms with Crippen LogP contribution in [0.2, 0.25) is 5.02 Å². The van der Waals surface area contributed by atoms with Gasteiger partial charge in [-0.1, -0.05) is 43.7 Å². The Hall–Kier alpha value is -1.05. The van der Waals surface area contributed by atoms with Gasteiger partial charge in [0.1, 0.15) is 10.4 Å². The summed E-state index contributed by atoms with van der Waals surface area (Å²) in [4.78, 5) is 12.9. The normalized spacial score (nSPS) is 18.6. The highest BCUT2D eigenvalue weighted by molar-refractivity contribution is 7.13. The minimum Gasteiger partial charge on any atom is -0.333 e. The monoisotopic (exact) mass is 310 g/mol. The van der Waals surface area contributed by atoms with Gasteiger partial charge in [-0.2, -0.15) is 5.26 Å². The zero-order chi connectivity index (χ0) is 14.6. The number of carbonyl (C=O) groups is 1. The lowest BCUT2D eigenvalue weighted by molar-refractivity contribution is 0.0912. The Bertz CT molecular complexity index is 524. The second-order valence-electron chi connectivity index (χ2n) is 5.48. The standard InChI is InChI=1S/C15H19ClN2OS/c1-11-9-20-13(12(11)16)14(19)18-15(10-17)7-5-3-2-4-6-8-15/h9H,2-8H2,1H3,(H,18,19). The van der Waals surface area contributed by atoms with Crippen molar-refractivity contribution in [3.63, 3.8) is 0 Å². The molecule has 5 heteroatoms. The van der Waals surface area contributed by atoms with Crippen molar-refractivity contribution >= 4 is 28.8 Å². The summed E-state index contributed by atoms with van der Waals surface area (Å²) in [6, 6.07) is 2.34. The largest absolute Gasteiger partial charge is 0.333 e. The Labute approximate surface area is 128 Å². The van der Waals surface area contributed by atoms with Crippen LogP contribution in [0.1, 0.15) is 60.2 Å². The molecule has 0 saturated heterocycles. The summed E-state index contributed by atoms with van der Waals surface area (Å²) in [5.41, 5.74) is 0.184. The smallest absolute Gasteiger partial charge is 0.264 e. The fourth-order valence-electron chi connectivity index (χ4n) is 2.63. The Kier molecular flexibility index (Phi) is 5.06. The molecule has 0 bridgehead atoms. The van der Waals surface area contributed by atoms with Gasteiger partial charge in [-0.05, 0) is 30.7 Å². The van der Waals surface area contributed by atoms with E-state index in [0.717, 1.165) is 44.1 Å². The number of nitrogens with zero attached hydrogens (tertiary/aromatic N) is 1. The Morgan fingerprint density at radius 3 is 2.45 bits per heavy atom. The Morgan fingerprint density at radius 2 is 1.95 bits per heavy atom. The molecule has 1 aliphatic carbocycles. The second kappa shape index (κ2) is 6.60. The maximum absolute atomic E-state index is 12.4. The molecule has 0 atom stereocenters. The van der Waals surface area contributed by atoms with Crippen molar-refractivity contribution in [1.82, 2.24) is 5.32 Å². The molecule has 1 aromatic heterocycles. The molecule has 3 nitrogen and oxygen atoms in total. The number of rotatable bonds is 2. The summed E-state index contributed by atoms with van der Waals surface area (Å²) in [6.45, 7) is 1.88. The molecule has 1 saturated carbocycles. The first-order valence-electron chi connectivity index (χ1n) is 7.05. The van der Waals surface area contributed by atoms with E-state index >= 15 is 0 Å². The van der Waals surface area contributed by atoms with Gasteiger partial charge in [0, 0.05) is 0 Å². The van der Waals surface area contributed by atoms with E-state index in [9.17, 15) is 10.1 Å². The molecule has 0 aromatic carbocycles. The lowest BCUT2D eigenvalue weighted by atomic mass is 9.85. The quantitative estimate of drug-likeness (QED) is 0.877. The van der Waals surface area contributed by atoms with Crippen LogP contribution >= 0.6 is 22.9 Å². The van der Waals surface area contributed by atoms with E-state index in [4.69, 9.17) is 11.6 Å². The van der Waals surface area contributed by atoms with Crippen LogP contribution < -0.4 is 5.32 Å². The van der Waals surface area contributed by atoms with Gasteiger partial charge in [0.25, 0.3) is 5.91 Å². The molecule has 1 N–H and O–H groups in total. The van der Waals surface area contributed by atoms with Crippen LogP contribution in [0.5, 0.6) is 0 Å². The fourth-order valence-corrected chi connectivity index (χ4v) is 3.80. The van der Waals surface area contributed by atoms with E-state index in [1.165, 1.54) is 17.8 Å². The summed E-state index contributed by atoms with van der Waals surface area (Å²) in [7, 11) is 0. The topological polar surface area (TPSA) is 52.9 Å². The zero-order valence-corrected chi connectivity index (χ0v) is 13.2. The minimum absolute atomic E-state index is 0.213. The van der Waals surface area contributed by atoms with Gasteiger partial charge in [0.15, 0.2) is 0 Å². The third-order valence-electron chi connectivity index (χ3n) is 3.88. The number of nitrogens with one attached hydrogen (secondary N) is 1. The molecule has 2 rings (SSSR count). The van der Waals surface area contributed by atoms with Crippen LogP contribution in [-0.2, 0) is 0 Å². The van der Waals surface area contributed by atoms with Crippen molar-refractivity contribution in [3.05, 3.63) is 20.8 Å². The number of halogens is 1. The third-order valence-corrected chi connectivity index (χ3v) is 5.58. The van der Waals surface area contributed by atoms with Gasteiger partial charge in [-0.15, -0.1) is 11.3 Å². The molecule has 108 valence electrons. The highest BCUT2D eigenvalue weighted by atomic mass is 35.5. The molecule has 1 heterocycles. The SMILES string of the molecule is Cc1csc(C(=O)NC2(C#N)CCCCCCC2)c1Cl. The van der Waals surface area contributed by atoms with E-state index in [1.807, 2.05) is 12.3 Å². The van der Waals surface area contributed by atoms with Crippen LogP contribution in [-0.4, -0.2) is 11.4 Å². The van der Waals surface area contributed by atoms with Crippen molar-refractivity contribution < 1.29 is 4.79 Å². The van der Waals surface area contributed by atoms with Crippen molar-refractivity contribution in [3.8, 4) is 6.07 Å². The maximum Gasteiger partial charge on any atom is 0.264 e. The molecule has 1 aliphatic rings. The number of aryl methyl sites for hydroxylation is 1. The van der Waals surface area contributed by atoms with Crippen LogP contribution in [0.25, 0.3) is 0 Å². The first-order chi connectivity index (χ1) is 9.58. The summed E-state index contributed by atoms with van der Waals surface area (Å²) >= 11 is 7.47. The van der Waals surface area contributed by atoms with Gasteiger partial charge in [-0.3, -0.25) is 4.79 Å². The minimum atomic E-state index is -0.723. The number of thiophene rings is 1. The lowest BCUT2D eigenvalue weighted by Crippen LogP contribution is -2.47.